The Morgan fingerprint density at radius 3 is 0.629 bits per heavy atom. The molecule has 4 nitrogen and oxygen atoms in total. The zero-order valence-electron chi connectivity index (χ0n) is 43.2. The van der Waals surface area contributed by atoms with Gasteiger partial charge in [0, 0.05) is 0 Å². The summed E-state index contributed by atoms with van der Waals surface area (Å²) in [6, 6.07) is 0. The van der Waals surface area contributed by atoms with E-state index in [0.29, 0.717) is 12.8 Å². The smallest absolute Gasteiger partial charge is 0.0678 e. The first-order chi connectivity index (χ1) is 30.3. The molecule has 0 aromatic rings. The van der Waals surface area contributed by atoms with Gasteiger partial charge in [-0.25, -0.2) is 0 Å². The van der Waals surface area contributed by atoms with Gasteiger partial charge in [-0.2, -0.15) is 0 Å². The van der Waals surface area contributed by atoms with Crippen molar-refractivity contribution in [1.82, 2.24) is 0 Å². The molecule has 0 heterocycles. The van der Waals surface area contributed by atoms with E-state index in [4.69, 9.17) is 0 Å². The minimum absolute atomic E-state index is 0.0961. The normalized spacial score (nSPS) is 12.4. The summed E-state index contributed by atoms with van der Waals surface area (Å²) in [5.41, 5.74) is -0.192. The molecule has 0 aliphatic heterocycles. The monoisotopic (exact) mass is 1090 g/mol. The van der Waals surface area contributed by atoms with E-state index in [2.05, 4.69) is 41.5 Å². The molecule has 0 spiro atoms. The Labute approximate surface area is 404 Å². The van der Waals surface area contributed by atoms with E-state index in [1.807, 2.05) is 0 Å². The van der Waals surface area contributed by atoms with Crippen molar-refractivity contribution < 1.29 is 19.8 Å². The third-order valence-corrected chi connectivity index (χ3v) is 31.4. The van der Waals surface area contributed by atoms with Crippen LogP contribution in [0.1, 0.15) is 298 Å². The molecule has 0 aromatic heterocycles. The van der Waals surface area contributed by atoms with Crippen LogP contribution in [-0.2, 0) is 9.59 Å². The number of hydrogen-bond donors (Lipinski definition) is 0. The summed E-state index contributed by atoms with van der Waals surface area (Å²) in [6.07, 6.45) is 55.8. The van der Waals surface area contributed by atoms with Gasteiger partial charge in [0.1, 0.15) is 0 Å². The number of carboxylic acids is 2. The molecule has 0 fully saturated rings. The maximum atomic E-state index is 10.4. The zero-order chi connectivity index (χ0) is 46.0. The van der Waals surface area contributed by atoms with Crippen LogP contribution >= 0.6 is 0 Å². The number of carboxylic acid groups (broad SMARTS) is 2. The van der Waals surface area contributed by atoms with Gasteiger partial charge >= 0.3 is 339 Å². The summed E-state index contributed by atoms with van der Waals surface area (Å²) in [6.45, 7) is 14.0. The van der Waals surface area contributed by atoms with Gasteiger partial charge in [0.15, 0.2) is 0 Å². The fourth-order valence-electron chi connectivity index (χ4n) is 9.04. The standard InChI is InChI=1S/C8H10O4.6C8H17.2Sn/c9-7(10)5-3-1-2-4-6(5)8(11)12;6*1-3-5-7-8-6-4-2;;/h1-4H2,(H,9,10)(H,11,12);6*1,3-8H2,2H3;;/q;;;;;;;2*+1/p-2. The maximum Gasteiger partial charge on any atom is 0.0678 e. The quantitative estimate of drug-likeness (QED) is 0.0450. The first-order valence-corrected chi connectivity index (χ1v) is 40.2. The van der Waals surface area contributed by atoms with E-state index in [1.54, 1.807) is 65.1 Å². The van der Waals surface area contributed by atoms with Crippen LogP contribution < -0.4 is 10.2 Å². The predicted octanol–water partition coefficient (Wildman–Crippen LogP) is 17.5. The molecule has 0 aromatic carbocycles. The number of carbonyl (C=O) groups is 2. The third-order valence-electron chi connectivity index (χ3n) is 13.3. The van der Waals surface area contributed by atoms with E-state index in [0.717, 1.165) is 0 Å². The summed E-state index contributed by atoms with van der Waals surface area (Å²) in [7, 11) is 0. The minimum atomic E-state index is -1.38. The van der Waals surface area contributed by atoms with Crippen molar-refractivity contribution in [3.8, 4) is 0 Å². The Balaban J connectivity index is 0. The van der Waals surface area contributed by atoms with Crippen LogP contribution in [0.15, 0.2) is 11.1 Å². The zero-order valence-corrected chi connectivity index (χ0v) is 48.9. The van der Waals surface area contributed by atoms with Crippen LogP contribution in [0, 0.1) is 0 Å². The van der Waals surface area contributed by atoms with Gasteiger partial charge in [-0.3, -0.25) is 0 Å². The SMILES string of the molecule is CCCCCCC[CH2][Sn+]([CH2]CCCCCCC)[CH2]CCCCCCC.CCCCCCC[CH2][Sn+]([CH2]CCCCCCC)[CH2]CCCCCCC.O=C([O-])C1=C(C(=O)[O-])CCCC1. The number of aliphatic carboxylic acids is 2. The fourth-order valence-corrected chi connectivity index (χ4v) is 26.2. The Morgan fingerprint density at radius 2 is 0.468 bits per heavy atom. The van der Waals surface area contributed by atoms with Gasteiger partial charge in [0.2, 0.25) is 0 Å². The first-order valence-electron chi connectivity index (χ1n) is 28.1. The second-order valence-corrected chi connectivity index (χ2v) is 36.5. The van der Waals surface area contributed by atoms with Crippen LogP contribution in [0.2, 0.25) is 26.6 Å². The second-order valence-electron chi connectivity index (χ2n) is 19.3. The van der Waals surface area contributed by atoms with E-state index >= 15 is 0 Å². The van der Waals surface area contributed by atoms with Crippen molar-refractivity contribution in [1.29, 1.82) is 0 Å². The largest absolute Gasteiger partial charge is 0.545 e. The molecule has 0 bridgehead atoms. The van der Waals surface area contributed by atoms with Crippen molar-refractivity contribution in [3.05, 3.63) is 11.1 Å². The molecule has 0 saturated heterocycles. The van der Waals surface area contributed by atoms with Gasteiger partial charge in [-0.05, 0) is 36.8 Å². The minimum Gasteiger partial charge on any atom is -0.545 e. The van der Waals surface area contributed by atoms with Crippen molar-refractivity contribution in [2.75, 3.05) is 0 Å². The molecule has 6 heteroatoms. The van der Waals surface area contributed by atoms with Crippen molar-refractivity contribution in [3.63, 3.8) is 0 Å². The molecule has 0 amide bonds. The Hall–Kier alpha value is 0.277. The summed E-state index contributed by atoms with van der Waals surface area (Å²) < 4.78 is 10.3. The molecular formula is C56H110O4Sn2. The van der Waals surface area contributed by atoms with Crippen LogP contribution in [0.5, 0.6) is 0 Å². The van der Waals surface area contributed by atoms with E-state index in [9.17, 15) is 19.8 Å². The molecule has 0 radical (unpaired) electrons. The topological polar surface area (TPSA) is 80.3 Å². The van der Waals surface area contributed by atoms with Crippen molar-refractivity contribution in [2.45, 2.75) is 325 Å². The van der Waals surface area contributed by atoms with Gasteiger partial charge in [0.05, 0.1) is 11.9 Å². The van der Waals surface area contributed by atoms with Crippen LogP contribution in [0.25, 0.3) is 0 Å². The number of rotatable bonds is 44. The van der Waals surface area contributed by atoms with E-state index in [-0.39, 0.29) is 24.0 Å². The van der Waals surface area contributed by atoms with Gasteiger partial charge < -0.3 is 19.8 Å². The average molecular weight is 1080 g/mol. The fraction of sp³-hybridized carbons (Fsp3) is 0.929. The van der Waals surface area contributed by atoms with Crippen molar-refractivity contribution >= 4 is 51.5 Å². The molecule has 62 heavy (non-hydrogen) atoms. The van der Waals surface area contributed by atoms with Gasteiger partial charge in [0.25, 0.3) is 0 Å². The van der Waals surface area contributed by atoms with Crippen LogP contribution in [0.4, 0.5) is 0 Å². The summed E-state index contributed by atoms with van der Waals surface area (Å²) >= 11 is -2.03. The van der Waals surface area contributed by atoms with Crippen LogP contribution in [-0.4, -0.2) is 51.5 Å². The van der Waals surface area contributed by atoms with Gasteiger partial charge in [-0.15, -0.1) is 0 Å². The summed E-state index contributed by atoms with van der Waals surface area (Å²) in [5, 5.41) is 20.8. The van der Waals surface area contributed by atoms with E-state index in [1.165, 1.54) is 193 Å². The van der Waals surface area contributed by atoms with Crippen LogP contribution in [0.3, 0.4) is 0 Å². The number of carbonyl (C=O) groups excluding carboxylic acids is 2. The second kappa shape index (κ2) is 53.9. The molecule has 0 N–H and O–H groups in total. The molecule has 366 valence electrons. The summed E-state index contributed by atoms with van der Waals surface area (Å²) in [5.74, 6) is -2.76. The molecule has 1 aliphatic rings. The Morgan fingerprint density at radius 1 is 0.306 bits per heavy atom. The number of hydrogen-bond acceptors (Lipinski definition) is 4. The Kier molecular flexibility index (Phi) is 55.9. The molecule has 0 unspecified atom stereocenters. The summed E-state index contributed by atoms with van der Waals surface area (Å²) in [4.78, 5) is 20.8. The van der Waals surface area contributed by atoms with Crippen molar-refractivity contribution in [2.24, 2.45) is 0 Å². The number of unbranched alkanes of at least 4 members (excludes halogenated alkanes) is 30. The molecule has 0 atom stereocenters. The van der Waals surface area contributed by atoms with Gasteiger partial charge in [-0.1, -0.05) is 0 Å². The van der Waals surface area contributed by atoms with E-state index < -0.39 is 51.5 Å². The average Bonchev–Trinajstić information content (AvgIpc) is 3.27. The Bertz CT molecular complexity index is 802. The predicted molar refractivity (Wildman–Crippen MR) is 276 cm³/mol. The first kappa shape index (κ1) is 64.4. The molecule has 0 saturated carbocycles. The molecule has 1 aliphatic carbocycles. The maximum absolute atomic E-state index is 10.4. The molecular weight excluding hydrogens is 974 g/mol. The third kappa shape index (κ3) is 46.8. The molecule has 1 rings (SSSR count).